The maximum atomic E-state index is 12.6. The van der Waals surface area contributed by atoms with Crippen LogP contribution in [0.1, 0.15) is 16.2 Å². The van der Waals surface area contributed by atoms with Gasteiger partial charge in [-0.2, -0.15) is 0 Å². The molecule has 2 aromatic heterocycles. The van der Waals surface area contributed by atoms with E-state index in [1.807, 2.05) is 66.4 Å². The zero-order valence-corrected chi connectivity index (χ0v) is 15.7. The van der Waals surface area contributed by atoms with Crippen LogP contribution in [0.5, 0.6) is 0 Å². The van der Waals surface area contributed by atoms with Crippen molar-refractivity contribution >= 4 is 23.4 Å². The van der Waals surface area contributed by atoms with E-state index in [9.17, 15) is 4.79 Å². The van der Waals surface area contributed by atoms with E-state index in [0.29, 0.717) is 24.7 Å². The molecule has 28 heavy (non-hydrogen) atoms. The van der Waals surface area contributed by atoms with Crippen molar-refractivity contribution in [3.05, 3.63) is 72.2 Å². The molecule has 1 saturated heterocycles. The molecular weight excluding hydrogens is 352 g/mol. The normalized spacial score (nSPS) is 14.0. The van der Waals surface area contributed by atoms with Gasteiger partial charge in [0.2, 0.25) is 0 Å². The lowest BCUT2D eigenvalue weighted by molar-refractivity contribution is 0.0746. The Hall–Kier alpha value is -3.48. The molecule has 0 unspecified atom stereocenters. The SMILES string of the molecule is Cc1nc(Nc2ccccn2)cc(N2CCN(C(=O)c3ccccc3)CC2)n1. The van der Waals surface area contributed by atoms with Gasteiger partial charge in [-0.3, -0.25) is 4.79 Å². The molecule has 3 aromatic rings. The molecule has 0 radical (unpaired) electrons. The van der Waals surface area contributed by atoms with Gasteiger partial charge in [0.15, 0.2) is 0 Å². The van der Waals surface area contributed by atoms with E-state index in [0.717, 1.165) is 30.3 Å². The van der Waals surface area contributed by atoms with E-state index < -0.39 is 0 Å². The van der Waals surface area contributed by atoms with E-state index in [2.05, 4.69) is 25.2 Å². The predicted octanol–water partition coefficient (Wildman–Crippen LogP) is 2.89. The van der Waals surface area contributed by atoms with Crippen LogP contribution < -0.4 is 10.2 Å². The van der Waals surface area contributed by atoms with Gasteiger partial charge < -0.3 is 15.1 Å². The second-order valence-corrected chi connectivity index (χ2v) is 6.64. The van der Waals surface area contributed by atoms with Gasteiger partial charge in [0.1, 0.15) is 23.3 Å². The van der Waals surface area contributed by atoms with Gasteiger partial charge in [0.25, 0.3) is 5.91 Å². The number of benzene rings is 1. The highest BCUT2D eigenvalue weighted by Crippen LogP contribution is 2.20. The Morgan fingerprint density at radius 2 is 1.68 bits per heavy atom. The molecular formula is C21H22N6O. The Labute approximate surface area is 164 Å². The minimum Gasteiger partial charge on any atom is -0.353 e. The van der Waals surface area contributed by atoms with Gasteiger partial charge in [0, 0.05) is 44.0 Å². The van der Waals surface area contributed by atoms with Gasteiger partial charge in [-0.1, -0.05) is 24.3 Å². The standard InChI is InChI=1S/C21H22N6O/c1-16-23-19(25-18-9-5-6-10-22-18)15-20(24-16)26-11-13-27(14-12-26)21(28)17-7-3-2-4-8-17/h2-10,15H,11-14H2,1H3,(H,22,23,24,25). The van der Waals surface area contributed by atoms with Crippen molar-refractivity contribution in [2.75, 3.05) is 36.4 Å². The second-order valence-electron chi connectivity index (χ2n) is 6.64. The summed E-state index contributed by atoms with van der Waals surface area (Å²) in [6, 6.07) is 17.0. The van der Waals surface area contributed by atoms with E-state index in [1.165, 1.54) is 0 Å². The summed E-state index contributed by atoms with van der Waals surface area (Å²) in [6.45, 7) is 4.68. The number of hydrogen-bond acceptors (Lipinski definition) is 6. The van der Waals surface area contributed by atoms with Crippen LogP contribution in [0.2, 0.25) is 0 Å². The van der Waals surface area contributed by atoms with Crippen LogP contribution in [0.15, 0.2) is 60.8 Å². The van der Waals surface area contributed by atoms with Crippen molar-refractivity contribution in [3.63, 3.8) is 0 Å². The number of rotatable bonds is 4. The van der Waals surface area contributed by atoms with Crippen LogP contribution >= 0.6 is 0 Å². The summed E-state index contributed by atoms with van der Waals surface area (Å²) < 4.78 is 0. The highest BCUT2D eigenvalue weighted by Gasteiger charge is 2.23. The summed E-state index contributed by atoms with van der Waals surface area (Å²) in [7, 11) is 0. The van der Waals surface area contributed by atoms with Gasteiger partial charge in [-0.15, -0.1) is 0 Å². The van der Waals surface area contributed by atoms with E-state index in [4.69, 9.17) is 0 Å². The first-order valence-corrected chi connectivity index (χ1v) is 9.32. The summed E-state index contributed by atoms with van der Waals surface area (Å²) in [5.74, 6) is 3.09. The second kappa shape index (κ2) is 8.04. The highest BCUT2D eigenvalue weighted by molar-refractivity contribution is 5.94. The summed E-state index contributed by atoms with van der Waals surface area (Å²) in [5, 5.41) is 3.22. The summed E-state index contributed by atoms with van der Waals surface area (Å²) >= 11 is 0. The maximum absolute atomic E-state index is 12.6. The molecule has 7 heteroatoms. The third-order valence-electron chi connectivity index (χ3n) is 4.66. The predicted molar refractivity (Wildman–Crippen MR) is 109 cm³/mol. The molecule has 1 aromatic carbocycles. The molecule has 1 aliphatic heterocycles. The number of anilines is 3. The number of nitrogens with one attached hydrogen (secondary N) is 1. The van der Waals surface area contributed by atoms with E-state index >= 15 is 0 Å². The number of carbonyl (C=O) groups excluding carboxylic acids is 1. The fourth-order valence-electron chi connectivity index (χ4n) is 3.25. The van der Waals surface area contributed by atoms with Crippen LogP contribution in [-0.4, -0.2) is 51.9 Å². The molecule has 4 rings (SSSR count). The molecule has 142 valence electrons. The third-order valence-corrected chi connectivity index (χ3v) is 4.66. The number of amides is 1. The molecule has 1 fully saturated rings. The van der Waals surface area contributed by atoms with Crippen LogP contribution in [-0.2, 0) is 0 Å². The molecule has 0 atom stereocenters. The number of aryl methyl sites for hydroxylation is 1. The number of aromatic nitrogens is 3. The number of piperazine rings is 1. The summed E-state index contributed by atoms with van der Waals surface area (Å²) in [6.07, 6.45) is 1.74. The van der Waals surface area contributed by atoms with Crippen LogP contribution in [0.3, 0.4) is 0 Å². The zero-order valence-electron chi connectivity index (χ0n) is 15.7. The van der Waals surface area contributed by atoms with Gasteiger partial charge in [-0.05, 0) is 31.2 Å². The summed E-state index contributed by atoms with van der Waals surface area (Å²) in [5.41, 5.74) is 0.732. The molecule has 7 nitrogen and oxygen atoms in total. The van der Waals surface area contributed by atoms with Gasteiger partial charge >= 0.3 is 0 Å². The Bertz CT molecular complexity index is 940. The smallest absolute Gasteiger partial charge is 0.253 e. The molecule has 0 saturated carbocycles. The lowest BCUT2D eigenvalue weighted by Crippen LogP contribution is -2.49. The maximum Gasteiger partial charge on any atom is 0.253 e. The van der Waals surface area contributed by atoms with Crippen LogP contribution in [0.4, 0.5) is 17.5 Å². The topological polar surface area (TPSA) is 74.2 Å². The Morgan fingerprint density at radius 3 is 2.39 bits per heavy atom. The van der Waals surface area contributed by atoms with Crippen LogP contribution in [0.25, 0.3) is 0 Å². The minimum atomic E-state index is 0.0802. The van der Waals surface area contributed by atoms with Crippen LogP contribution in [0, 0.1) is 6.92 Å². The van der Waals surface area contributed by atoms with Crippen molar-refractivity contribution in [1.82, 2.24) is 19.9 Å². The highest BCUT2D eigenvalue weighted by atomic mass is 16.2. The Morgan fingerprint density at radius 1 is 0.929 bits per heavy atom. The molecule has 1 N–H and O–H groups in total. The number of nitrogens with zero attached hydrogens (tertiary/aromatic N) is 5. The fraction of sp³-hybridized carbons (Fsp3) is 0.238. The monoisotopic (exact) mass is 374 g/mol. The molecule has 3 heterocycles. The van der Waals surface area contributed by atoms with Crippen molar-refractivity contribution < 1.29 is 4.79 Å². The van der Waals surface area contributed by atoms with E-state index in [1.54, 1.807) is 6.20 Å². The van der Waals surface area contributed by atoms with Crippen molar-refractivity contribution in [2.24, 2.45) is 0 Å². The molecule has 1 aliphatic rings. The number of hydrogen-bond donors (Lipinski definition) is 1. The lowest BCUT2D eigenvalue weighted by Gasteiger charge is -2.35. The van der Waals surface area contributed by atoms with Crippen molar-refractivity contribution in [3.8, 4) is 0 Å². The van der Waals surface area contributed by atoms with E-state index in [-0.39, 0.29) is 5.91 Å². The molecule has 0 spiro atoms. The quantitative estimate of drug-likeness (QED) is 0.757. The summed E-state index contributed by atoms with van der Waals surface area (Å²) in [4.78, 5) is 30.0. The first-order valence-electron chi connectivity index (χ1n) is 9.32. The van der Waals surface area contributed by atoms with Gasteiger partial charge in [-0.25, -0.2) is 15.0 Å². The third kappa shape index (κ3) is 4.09. The number of pyridine rings is 1. The zero-order chi connectivity index (χ0) is 19.3. The Balaban J connectivity index is 1.44. The Kier molecular flexibility index (Phi) is 5.14. The first kappa shape index (κ1) is 17.9. The molecule has 1 amide bonds. The number of carbonyl (C=O) groups is 1. The van der Waals surface area contributed by atoms with Gasteiger partial charge in [0.05, 0.1) is 0 Å². The lowest BCUT2D eigenvalue weighted by atomic mass is 10.2. The minimum absolute atomic E-state index is 0.0802. The largest absolute Gasteiger partial charge is 0.353 e. The van der Waals surface area contributed by atoms with Crippen molar-refractivity contribution in [1.29, 1.82) is 0 Å². The molecule has 0 bridgehead atoms. The fourth-order valence-corrected chi connectivity index (χ4v) is 3.25. The first-order chi connectivity index (χ1) is 13.7. The van der Waals surface area contributed by atoms with Crippen molar-refractivity contribution in [2.45, 2.75) is 6.92 Å². The molecule has 0 aliphatic carbocycles. The average Bonchev–Trinajstić information content (AvgIpc) is 2.74. The average molecular weight is 374 g/mol.